The summed E-state index contributed by atoms with van der Waals surface area (Å²) in [4.78, 5) is 0. The zero-order chi connectivity index (χ0) is 68.9. The molecule has 6 nitrogen and oxygen atoms in total. The highest BCUT2D eigenvalue weighted by molar-refractivity contribution is 6.26. The van der Waals surface area contributed by atoms with Crippen LogP contribution in [-0.4, -0.2) is 18.3 Å². The Kier molecular flexibility index (Phi) is 7.40. The third-order valence-electron chi connectivity index (χ3n) is 16.8. The Morgan fingerprint density at radius 1 is 0.306 bits per heavy atom. The smallest absolute Gasteiger partial charge is 0.145 e. The zero-order valence-electron chi connectivity index (χ0n) is 59.6. The van der Waals surface area contributed by atoms with Crippen LogP contribution in [0, 0.1) is 11.3 Å². The van der Waals surface area contributed by atoms with Crippen molar-refractivity contribution in [3.8, 4) is 62.2 Å². The molecule has 0 atom stereocenters. The predicted molar refractivity (Wildman–Crippen MR) is 352 cm³/mol. The molecule has 0 aliphatic heterocycles. The zero-order valence-corrected chi connectivity index (χ0v) is 44.6. The van der Waals surface area contributed by atoms with Crippen molar-refractivity contribution in [2.75, 3.05) is 0 Å². The molecule has 0 spiro atoms. The summed E-state index contributed by atoms with van der Waals surface area (Å²) in [5.74, 6) is 0. The molecule has 0 aliphatic carbocycles. The van der Waals surface area contributed by atoms with Gasteiger partial charge < -0.3 is 22.7 Å². The van der Waals surface area contributed by atoms with Crippen molar-refractivity contribution < 1.29 is 25.0 Å². The molecular weight excluding hydrogens is 1030 g/mol. The van der Waals surface area contributed by atoms with Crippen LogP contribution in [0.25, 0.3) is 165 Å². The fourth-order valence-corrected chi connectivity index (χ4v) is 13.5. The molecule has 0 N–H and O–H groups in total. The summed E-state index contributed by atoms with van der Waals surface area (Å²) in [6.45, 7) is 0. The van der Waals surface area contributed by atoms with Crippen molar-refractivity contribution in [3.05, 3.63) is 290 Å². The van der Waals surface area contributed by atoms with Crippen LogP contribution in [0.15, 0.2) is 289 Å². The van der Waals surface area contributed by atoms with Crippen LogP contribution >= 0.6 is 0 Å². The van der Waals surface area contributed by atoms with Gasteiger partial charge in [0.05, 0.1) is 92.8 Å². The van der Waals surface area contributed by atoms with E-state index in [-0.39, 0.29) is 56.0 Å². The minimum absolute atomic E-state index is 0.0299. The molecule has 0 aliphatic rings. The lowest BCUT2D eigenvalue weighted by atomic mass is 9.93. The highest BCUT2D eigenvalue weighted by atomic mass is 16.3. The maximum Gasteiger partial charge on any atom is 0.145 e. The molecule has 0 fully saturated rings. The van der Waals surface area contributed by atoms with E-state index >= 15 is 0 Å². The molecular formula is C79H47N5O. The van der Waals surface area contributed by atoms with Crippen LogP contribution in [0.4, 0.5) is 0 Å². The summed E-state index contributed by atoms with van der Waals surface area (Å²) < 4.78 is 154. The van der Waals surface area contributed by atoms with Crippen LogP contribution in [0.3, 0.4) is 0 Å². The van der Waals surface area contributed by atoms with Gasteiger partial charge in [-0.1, -0.05) is 212 Å². The lowest BCUT2D eigenvalue weighted by molar-refractivity contribution is 0.673. The van der Waals surface area contributed by atoms with Crippen molar-refractivity contribution >= 4 is 109 Å². The van der Waals surface area contributed by atoms with Crippen LogP contribution in [-0.2, 0) is 0 Å². The molecule has 18 rings (SSSR count). The second kappa shape index (κ2) is 18.2. The highest BCUT2D eigenvalue weighted by Crippen LogP contribution is 2.53. The lowest BCUT2D eigenvalue weighted by Gasteiger charge is -2.29. The number of fused-ring (bicyclic) bond motifs is 16. The van der Waals surface area contributed by atoms with Gasteiger partial charge in [-0.15, -0.1) is 0 Å². The Labute approximate surface area is 508 Å². The molecule has 0 unspecified atom stereocenters. The fraction of sp³-hybridized carbons (Fsp3) is 0. The molecule has 5 heterocycles. The summed E-state index contributed by atoms with van der Waals surface area (Å²) in [5.41, 5.74) is 6.63. The van der Waals surface area contributed by atoms with E-state index < -0.39 is 90.6 Å². The highest BCUT2D eigenvalue weighted by Gasteiger charge is 2.35. The Balaban J connectivity index is 1.15. The first kappa shape index (κ1) is 34.6. The van der Waals surface area contributed by atoms with Gasteiger partial charge in [-0.2, -0.15) is 5.26 Å². The van der Waals surface area contributed by atoms with E-state index in [0.29, 0.717) is 82.5 Å². The third kappa shape index (κ3) is 6.69. The van der Waals surface area contributed by atoms with Crippen molar-refractivity contribution in [2.45, 2.75) is 0 Å². The van der Waals surface area contributed by atoms with Gasteiger partial charge in [-0.05, 0) is 101 Å². The molecule has 6 heteroatoms. The van der Waals surface area contributed by atoms with Crippen molar-refractivity contribution in [1.29, 1.82) is 5.26 Å². The van der Waals surface area contributed by atoms with Crippen molar-refractivity contribution in [3.63, 3.8) is 0 Å². The molecule has 0 bridgehead atoms. The summed E-state index contributed by atoms with van der Waals surface area (Å²) >= 11 is 0. The maximum atomic E-state index is 13.2. The normalized spacial score (nSPS) is 14.5. The number of nitriles is 1. The molecule has 85 heavy (non-hydrogen) atoms. The minimum Gasteiger partial charge on any atom is -0.455 e. The van der Waals surface area contributed by atoms with Crippen LogP contribution in [0.5, 0.6) is 0 Å². The Hall–Kier alpha value is -11.7. The molecule has 18 aromatic rings. The first-order chi connectivity index (χ1) is 48.4. The lowest BCUT2D eigenvalue weighted by Crippen LogP contribution is -2.16. The first-order valence-corrected chi connectivity index (χ1v) is 27.7. The van der Waals surface area contributed by atoms with Gasteiger partial charge in [0.1, 0.15) is 22.8 Å². The summed E-state index contributed by atoms with van der Waals surface area (Å²) in [5, 5.41) is 19.8. The number of benzene rings is 13. The monoisotopic (exact) mass is 1100 g/mol. The summed E-state index contributed by atoms with van der Waals surface area (Å²) in [6, 6.07) is 55.6. The van der Waals surface area contributed by atoms with Gasteiger partial charge in [0, 0.05) is 54.0 Å². The quantitative estimate of drug-likeness (QED) is 0.160. The van der Waals surface area contributed by atoms with E-state index in [1.54, 1.807) is 36.4 Å². The van der Waals surface area contributed by atoms with Gasteiger partial charge in [0.2, 0.25) is 0 Å². The van der Waals surface area contributed by atoms with E-state index in [0.717, 1.165) is 32.3 Å². The van der Waals surface area contributed by atoms with Gasteiger partial charge in [0.15, 0.2) is 0 Å². The van der Waals surface area contributed by atoms with Crippen molar-refractivity contribution in [1.82, 2.24) is 18.3 Å². The number of para-hydroxylation sites is 6. The van der Waals surface area contributed by atoms with Gasteiger partial charge in [-0.25, -0.2) is 0 Å². The number of aromatic nitrogens is 4. The Morgan fingerprint density at radius 2 is 0.659 bits per heavy atom. The molecule has 0 amide bonds. The Bertz CT molecular complexity index is 6580. The second-order valence-electron chi connectivity index (χ2n) is 21.1. The van der Waals surface area contributed by atoms with Gasteiger partial charge >= 0.3 is 0 Å². The van der Waals surface area contributed by atoms with Crippen LogP contribution in [0.1, 0.15) is 26.1 Å². The first-order valence-electron chi connectivity index (χ1n) is 35.2. The average molecular weight is 1100 g/mol. The Morgan fingerprint density at radius 3 is 1.09 bits per heavy atom. The number of nitrogens with zero attached hydrogens (tertiary/aromatic N) is 5. The molecule has 13 aromatic carbocycles. The molecule has 394 valence electrons. The standard InChI is InChI=1S/C79H47N5O/c80-48-63-75(81-64-34-16-10-28-54(64)55-29-11-17-35-65(55)81)77(83-68-38-20-14-32-58(68)59-33-15-21-39-69(59)83)73(51-26-8-3-9-27-51)78(76(63)82-66-36-18-12-30-56(66)57-31-13-19-37-67(57)82)84-70-43-40-52(49-22-4-1-5-23-49)47-62(70)74-71(84)44-42-60-61-46-53(50-24-6-2-7-25-50)41-45-72(61)85-79(60)74/h1-47H/i1D,2D,3D,4D,5D,6D,7D,8D,9D,22D,23D,24D,25D,26D,27D. The van der Waals surface area contributed by atoms with E-state index in [9.17, 15) is 14.9 Å². The predicted octanol–water partition coefficient (Wildman–Crippen LogP) is 20.8. The number of hydrogen-bond acceptors (Lipinski definition) is 2. The second-order valence-corrected chi connectivity index (χ2v) is 21.1. The van der Waals surface area contributed by atoms with E-state index in [1.165, 1.54) is 0 Å². The third-order valence-corrected chi connectivity index (χ3v) is 16.8. The molecule has 0 saturated heterocycles. The van der Waals surface area contributed by atoms with Gasteiger partial charge in [0.25, 0.3) is 0 Å². The SMILES string of the molecule is [2H]c1c([2H])c([2H])c(-c2ccc3oc4c(ccc5c4c4cc(-c6c([2H])c([2H])c([2H])c([2H])c6[2H])ccc4n5-c4c(-c5c([2H])c([2H])c([2H])c([2H])c5[2H])c(-n5c6ccccc6c6ccccc65)c(-n5c6ccccc6c6ccccc65)c(C#N)c4-n4c5ccccc5c5ccccc54)c3c2)c([2H])c1[2H]. The summed E-state index contributed by atoms with van der Waals surface area (Å²) in [7, 11) is 0. The fourth-order valence-electron chi connectivity index (χ4n) is 13.5. The topological polar surface area (TPSA) is 56.6 Å². The molecule has 0 radical (unpaired) electrons. The van der Waals surface area contributed by atoms with Crippen LogP contribution < -0.4 is 0 Å². The number of hydrogen-bond donors (Lipinski definition) is 0. The number of furan rings is 1. The average Bonchev–Trinajstić information content (AvgIpc) is 1.45. The van der Waals surface area contributed by atoms with Crippen molar-refractivity contribution in [2.24, 2.45) is 0 Å². The van der Waals surface area contributed by atoms with Gasteiger partial charge in [-0.3, -0.25) is 0 Å². The number of rotatable bonds is 7. The van der Waals surface area contributed by atoms with E-state index in [1.807, 2.05) is 171 Å². The van der Waals surface area contributed by atoms with E-state index in [2.05, 4.69) is 10.6 Å². The molecule has 5 aromatic heterocycles. The summed E-state index contributed by atoms with van der Waals surface area (Å²) in [6.07, 6.45) is 0. The largest absolute Gasteiger partial charge is 0.455 e. The maximum absolute atomic E-state index is 13.2. The molecule has 0 saturated carbocycles. The minimum atomic E-state index is -0.642. The van der Waals surface area contributed by atoms with E-state index in [4.69, 9.17) is 15.4 Å². The van der Waals surface area contributed by atoms with Crippen LogP contribution in [0.2, 0.25) is 0 Å².